The lowest BCUT2D eigenvalue weighted by Gasteiger charge is -2.28. The van der Waals surface area contributed by atoms with E-state index >= 15 is 0 Å². The highest BCUT2D eigenvalue weighted by Gasteiger charge is 2.21. The Morgan fingerprint density at radius 1 is 1.12 bits per heavy atom. The zero-order valence-electron chi connectivity index (χ0n) is 10.9. The molecule has 0 unspecified atom stereocenters. The number of hydrogen-bond acceptors (Lipinski definition) is 1. The number of rotatable bonds is 4. The Labute approximate surface area is 105 Å². The second kappa shape index (κ2) is 6.20. The van der Waals surface area contributed by atoms with E-state index in [-0.39, 0.29) is 0 Å². The fourth-order valence-electron chi connectivity index (χ4n) is 3.00. The first-order valence-electron chi connectivity index (χ1n) is 7.00. The SMILES string of the molecule is CC1CCC(c2ccccc2CCCO)CC1. The maximum absolute atomic E-state index is 8.96. The normalized spacial score (nSPS) is 24.8. The monoisotopic (exact) mass is 232 g/mol. The van der Waals surface area contributed by atoms with Crippen LogP contribution in [0.5, 0.6) is 0 Å². The van der Waals surface area contributed by atoms with E-state index in [1.807, 2.05) is 0 Å². The van der Waals surface area contributed by atoms with E-state index in [9.17, 15) is 0 Å². The Kier molecular flexibility index (Phi) is 4.61. The lowest BCUT2D eigenvalue weighted by atomic mass is 9.78. The predicted molar refractivity (Wildman–Crippen MR) is 72.2 cm³/mol. The molecule has 1 saturated carbocycles. The first kappa shape index (κ1) is 12.6. The highest BCUT2D eigenvalue weighted by molar-refractivity contribution is 5.31. The fraction of sp³-hybridized carbons (Fsp3) is 0.625. The molecule has 2 rings (SSSR count). The molecule has 1 fully saturated rings. The zero-order chi connectivity index (χ0) is 12.1. The quantitative estimate of drug-likeness (QED) is 0.834. The summed E-state index contributed by atoms with van der Waals surface area (Å²) >= 11 is 0. The van der Waals surface area contributed by atoms with E-state index in [4.69, 9.17) is 5.11 Å². The maximum Gasteiger partial charge on any atom is 0.0434 e. The number of aliphatic hydroxyl groups is 1. The Morgan fingerprint density at radius 2 is 1.82 bits per heavy atom. The van der Waals surface area contributed by atoms with Crippen LogP contribution in [0.1, 0.15) is 56.1 Å². The summed E-state index contributed by atoms with van der Waals surface area (Å²) in [7, 11) is 0. The van der Waals surface area contributed by atoms with Crippen LogP contribution in [0.15, 0.2) is 24.3 Å². The van der Waals surface area contributed by atoms with Gasteiger partial charge in [0.25, 0.3) is 0 Å². The van der Waals surface area contributed by atoms with Crippen molar-refractivity contribution in [3.8, 4) is 0 Å². The van der Waals surface area contributed by atoms with Crippen molar-refractivity contribution < 1.29 is 5.11 Å². The van der Waals surface area contributed by atoms with E-state index < -0.39 is 0 Å². The van der Waals surface area contributed by atoms with Crippen LogP contribution in [-0.2, 0) is 6.42 Å². The van der Waals surface area contributed by atoms with Crippen molar-refractivity contribution in [2.75, 3.05) is 6.61 Å². The third-order valence-corrected chi connectivity index (χ3v) is 4.12. The zero-order valence-corrected chi connectivity index (χ0v) is 10.9. The van der Waals surface area contributed by atoms with Gasteiger partial charge in [-0.05, 0) is 48.6 Å². The minimum absolute atomic E-state index is 0.302. The minimum atomic E-state index is 0.302. The van der Waals surface area contributed by atoms with E-state index in [0.717, 1.165) is 24.7 Å². The minimum Gasteiger partial charge on any atom is -0.396 e. The van der Waals surface area contributed by atoms with Crippen LogP contribution < -0.4 is 0 Å². The average molecular weight is 232 g/mol. The van der Waals surface area contributed by atoms with Crippen LogP contribution in [0.4, 0.5) is 0 Å². The lowest BCUT2D eigenvalue weighted by molar-refractivity contribution is 0.288. The molecule has 0 heterocycles. The largest absolute Gasteiger partial charge is 0.396 e. The summed E-state index contributed by atoms with van der Waals surface area (Å²) in [6, 6.07) is 8.83. The molecule has 1 N–H and O–H groups in total. The molecule has 94 valence electrons. The van der Waals surface area contributed by atoms with Gasteiger partial charge in [-0.1, -0.05) is 44.0 Å². The van der Waals surface area contributed by atoms with Gasteiger partial charge >= 0.3 is 0 Å². The molecule has 1 heteroatoms. The second-order valence-corrected chi connectivity index (χ2v) is 5.48. The van der Waals surface area contributed by atoms with Crippen molar-refractivity contribution in [1.82, 2.24) is 0 Å². The maximum atomic E-state index is 8.96. The van der Waals surface area contributed by atoms with Crippen molar-refractivity contribution in [1.29, 1.82) is 0 Å². The van der Waals surface area contributed by atoms with Gasteiger partial charge in [0.2, 0.25) is 0 Å². The standard InChI is InChI=1S/C16H24O/c1-13-8-10-15(11-9-13)16-7-3-2-5-14(16)6-4-12-17/h2-3,5,7,13,15,17H,4,6,8-12H2,1H3. The first-order chi connectivity index (χ1) is 8.31. The molecule has 0 bridgehead atoms. The molecule has 0 amide bonds. The number of aliphatic hydroxyl groups excluding tert-OH is 1. The van der Waals surface area contributed by atoms with Gasteiger partial charge in [-0.2, -0.15) is 0 Å². The molecule has 1 nitrogen and oxygen atoms in total. The fourth-order valence-corrected chi connectivity index (χ4v) is 3.00. The molecule has 1 aliphatic carbocycles. The summed E-state index contributed by atoms with van der Waals surface area (Å²) in [5.41, 5.74) is 3.01. The molecule has 0 aromatic heterocycles. The Balaban J connectivity index is 2.08. The van der Waals surface area contributed by atoms with Crippen molar-refractivity contribution >= 4 is 0 Å². The molecule has 0 saturated heterocycles. The van der Waals surface area contributed by atoms with Gasteiger partial charge in [-0.25, -0.2) is 0 Å². The molecule has 17 heavy (non-hydrogen) atoms. The van der Waals surface area contributed by atoms with Gasteiger partial charge in [0.1, 0.15) is 0 Å². The van der Waals surface area contributed by atoms with Crippen LogP contribution in [0.3, 0.4) is 0 Å². The van der Waals surface area contributed by atoms with Gasteiger partial charge in [-0.3, -0.25) is 0 Å². The van der Waals surface area contributed by atoms with E-state index in [2.05, 4.69) is 31.2 Å². The molecule has 0 atom stereocenters. The highest BCUT2D eigenvalue weighted by atomic mass is 16.2. The summed E-state index contributed by atoms with van der Waals surface area (Å²) in [5.74, 6) is 1.68. The van der Waals surface area contributed by atoms with Crippen molar-refractivity contribution in [2.24, 2.45) is 5.92 Å². The summed E-state index contributed by atoms with van der Waals surface area (Å²) in [6.07, 6.45) is 7.35. The summed E-state index contributed by atoms with van der Waals surface area (Å²) in [5, 5.41) is 8.96. The van der Waals surface area contributed by atoms with E-state index in [0.29, 0.717) is 6.61 Å². The van der Waals surface area contributed by atoms with Crippen molar-refractivity contribution in [2.45, 2.75) is 51.4 Å². The molecule has 1 aliphatic rings. The molecule has 1 aromatic rings. The summed E-state index contributed by atoms with van der Waals surface area (Å²) < 4.78 is 0. The topological polar surface area (TPSA) is 20.2 Å². The van der Waals surface area contributed by atoms with E-state index in [1.54, 1.807) is 5.56 Å². The van der Waals surface area contributed by atoms with Gasteiger partial charge in [0.15, 0.2) is 0 Å². The van der Waals surface area contributed by atoms with Crippen molar-refractivity contribution in [3.05, 3.63) is 35.4 Å². The third kappa shape index (κ3) is 3.32. The molecular formula is C16H24O. The molecule has 0 spiro atoms. The number of aryl methyl sites for hydroxylation is 1. The molecular weight excluding hydrogens is 208 g/mol. The van der Waals surface area contributed by atoms with Crippen LogP contribution in [-0.4, -0.2) is 11.7 Å². The Bertz CT molecular complexity index is 337. The van der Waals surface area contributed by atoms with Crippen molar-refractivity contribution in [3.63, 3.8) is 0 Å². The Morgan fingerprint density at radius 3 is 2.53 bits per heavy atom. The highest BCUT2D eigenvalue weighted by Crippen LogP contribution is 2.37. The summed E-state index contributed by atoms with van der Waals surface area (Å²) in [4.78, 5) is 0. The van der Waals surface area contributed by atoms with Gasteiger partial charge in [0, 0.05) is 6.61 Å². The predicted octanol–water partition coefficient (Wildman–Crippen LogP) is 3.91. The number of benzene rings is 1. The van der Waals surface area contributed by atoms with E-state index in [1.165, 1.54) is 31.2 Å². The van der Waals surface area contributed by atoms with Crippen LogP contribution in [0.2, 0.25) is 0 Å². The van der Waals surface area contributed by atoms with Gasteiger partial charge < -0.3 is 5.11 Å². The third-order valence-electron chi connectivity index (χ3n) is 4.12. The first-order valence-corrected chi connectivity index (χ1v) is 7.00. The van der Waals surface area contributed by atoms with Crippen LogP contribution >= 0.6 is 0 Å². The molecule has 0 radical (unpaired) electrons. The number of hydrogen-bond donors (Lipinski definition) is 1. The Hall–Kier alpha value is -0.820. The molecule has 1 aromatic carbocycles. The smallest absolute Gasteiger partial charge is 0.0434 e. The summed E-state index contributed by atoms with van der Waals surface area (Å²) in [6.45, 7) is 2.67. The second-order valence-electron chi connectivity index (χ2n) is 5.48. The van der Waals surface area contributed by atoms with Crippen LogP contribution in [0.25, 0.3) is 0 Å². The molecule has 0 aliphatic heterocycles. The van der Waals surface area contributed by atoms with Gasteiger partial charge in [-0.15, -0.1) is 0 Å². The van der Waals surface area contributed by atoms with Crippen LogP contribution in [0, 0.1) is 5.92 Å². The average Bonchev–Trinajstić information content (AvgIpc) is 2.38. The lowest BCUT2D eigenvalue weighted by Crippen LogP contribution is -2.12. The van der Waals surface area contributed by atoms with Gasteiger partial charge in [0.05, 0.1) is 0 Å².